The van der Waals surface area contributed by atoms with Crippen molar-refractivity contribution < 1.29 is 22.7 Å². The fourth-order valence-corrected chi connectivity index (χ4v) is 4.54. The molecule has 2 aromatic rings. The van der Waals surface area contributed by atoms with Gasteiger partial charge in [-0.15, -0.1) is 0 Å². The molecule has 0 radical (unpaired) electrons. The number of hydrogen-bond acceptors (Lipinski definition) is 6. The van der Waals surface area contributed by atoms with Gasteiger partial charge in [-0.2, -0.15) is 11.8 Å². The van der Waals surface area contributed by atoms with Crippen molar-refractivity contribution in [3.63, 3.8) is 0 Å². The fourth-order valence-electron chi connectivity index (χ4n) is 2.88. The first-order valence-electron chi connectivity index (χ1n) is 9.10. The quantitative estimate of drug-likeness (QED) is 0.608. The highest BCUT2D eigenvalue weighted by molar-refractivity contribution is 7.98. The maximum absolute atomic E-state index is 12.3. The molecule has 9 heteroatoms. The minimum absolute atomic E-state index is 0.0956. The summed E-state index contributed by atoms with van der Waals surface area (Å²) in [7, 11) is -3.63. The van der Waals surface area contributed by atoms with Crippen molar-refractivity contribution >= 4 is 33.4 Å². The van der Waals surface area contributed by atoms with Crippen molar-refractivity contribution in [1.29, 1.82) is 0 Å². The summed E-state index contributed by atoms with van der Waals surface area (Å²) in [5.74, 6) is 2.26. The molecular formula is C20H24N2O5S2. The molecule has 2 aromatic carbocycles. The van der Waals surface area contributed by atoms with Crippen molar-refractivity contribution in [3.05, 3.63) is 53.6 Å². The van der Waals surface area contributed by atoms with Gasteiger partial charge < -0.3 is 14.8 Å². The number of thioether (sulfide) groups is 1. The van der Waals surface area contributed by atoms with Gasteiger partial charge >= 0.3 is 0 Å². The standard InChI is InChI=1S/C20H24N2O5S2/c1-15-4-3-5-16(10-15)13-28-9-8-21-20(23)12-22(29(2,24)25)17-6-7-18-19(11-17)27-14-26-18/h3-7,10-11H,8-9,12-14H2,1-2H3,(H,21,23). The van der Waals surface area contributed by atoms with Crippen LogP contribution >= 0.6 is 11.8 Å². The van der Waals surface area contributed by atoms with E-state index in [4.69, 9.17) is 9.47 Å². The van der Waals surface area contributed by atoms with Crippen LogP contribution in [0.1, 0.15) is 11.1 Å². The Morgan fingerprint density at radius 1 is 1.17 bits per heavy atom. The molecule has 0 saturated carbocycles. The molecule has 0 atom stereocenters. The number of sulfonamides is 1. The highest BCUT2D eigenvalue weighted by Crippen LogP contribution is 2.36. The van der Waals surface area contributed by atoms with Crippen LogP contribution in [0.3, 0.4) is 0 Å². The summed E-state index contributed by atoms with van der Waals surface area (Å²) in [4.78, 5) is 12.3. The third kappa shape index (κ3) is 6.04. The number of aryl methyl sites for hydroxylation is 1. The van der Waals surface area contributed by atoms with Crippen molar-refractivity contribution in [1.82, 2.24) is 5.32 Å². The number of rotatable bonds is 9. The molecule has 1 heterocycles. The number of hydrogen-bond donors (Lipinski definition) is 1. The zero-order chi connectivity index (χ0) is 20.9. The molecule has 0 fully saturated rings. The molecule has 1 aliphatic heterocycles. The van der Waals surface area contributed by atoms with Crippen LogP contribution in [0, 0.1) is 6.92 Å². The molecule has 0 aliphatic carbocycles. The topological polar surface area (TPSA) is 84.9 Å². The van der Waals surface area contributed by atoms with Gasteiger partial charge in [-0.1, -0.05) is 29.8 Å². The zero-order valence-electron chi connectivity index (χ0n) is 16.4. The average molecular weight is 437 g/mol. The molecule has 29 heavy (non-hydrogen) atoms. The molecule has 0 bridgehead atoms. The van der Waals surface area contributed by atoms with Gasteiger partial charge in [-0.25, -0.2) is 8.42 Å². The predicted octanol–water partition coefficient (Wildman–Crippen LogP) is 2.54. The van der Waals surface area contributed by atoms with Gasteiger partial charge in [0.15, 0.2) is 11.5 Å². The fraction of sp³-hybridized carbons (Fsp3) is 0.350. The van der Waals surface area contributed by atoms with E-state index in [2.05, 4.69) is 30.4 Å². The maximum atomic E-state index is 12.3. The Hall–Kier alpha value is -2.39. The number of fused-ring (bicyclic) bond motifs is 1. The smallest absolute Gasteiger partial charge is 0.240 e. The van der Waals surface area contributed by atoms with E-state index >= 15 is 0 Å². The first-order valence-corrected chi connectivity index (χ1v) is 12.1. The molecule has 0 aromatic heterocycles. The lowest BCUT2D eigenvalue weighted by molar-refractivity contribution is -0.119. The second kappa shape index (κ2) is 9.41. The number of carbonyl (C=O) groups is 1. The Kier molecular flexibility index (Phi) is 6.92. The lowest BCUT2D eigenvalue weighted by atomic mass is 10.2. The molecule has 7 nitrogen and oxygen atoms in total. The Morgan fingerprint density at radius 2 is 1.97 bits per heavy atom. The summed E-state index contributed by atoms with van der Waals surface area (Å²) in [6.07, 6.45) is 1.07. The third-order valence-corrected chi connectivity index (χ3v) is 6.42. The molecule has 3 rings (SSSR count). The number of nitrogens with one attached hydrogen (secondary N) is 1. The molecule has 1 N–H and O–H groups in total. The molecule has 0 saturated heterocycles. The summed E-state index contributed by atoms with van der Waals surface area (Å²) >= 11 is 1.71. The molecule has 1 amide bonds. The SMILES string of the molecule is Cc1cccc(CSCCNC(=O)CN(c2ccc3c(c2)OCO3)S(C)(=O)=O)c1. The first kappa shape index (κ1) is 21.3. The minimum Gasteiger partial charge on any atom is -0.454 e. The summed E-state index contributed by atoms with van der Waals surface area (Å²) < 4.78 is 36.0. The molecule has 156 valence electrons. The van der Waals surface area contributed by atoms with E-state index in [0.717, 1.165) is 22.1 Å². The van der Waals surface area contributed by atoms with Gasteiger partial charge in [0.25, 0.3) is 0 Å². The number of carbonyl (C=O) groups excluding carboxylic acids is 1. The van der Waals surface area contributed by atoms with E-state index in [1.54, 1.807) is 30.0 Å². The van der Waals surface area contributed by atoms with Gasteiger partial charge in [0.1, 0.15) is 6.54 Å². The van der Waals surface area contributed by atoms with Gasteiger partial charge in [0, 0.05) is 24.1 Å². The summed E-state index contributed by atoms with van der Waals surface area (Å²) in [5, 5.41) is 2.78. The van der Waals surface area contributed by atoms with Crippen LogP contribution in [0.5, 0.6) is 11.5 Å². The summed E-state index contributed by atoms with van der Waals surface area (Å²) in [5.41, 5.74) is 2.83. The van der Waals surface area contributed by atoms with Crippen LogP contribution in [-0.4, -0.2) is 46.2 Å². The Bertz CT molecular complexity index is 979. The second-order valence-corrected chi connectivity index (χ2v) is 9.71. The zero-order valence-corrected chi connectivity index (χ0v) is 18.0. The monoisotopic (exact) mass is 436 g/mol. The van der Waals surface area contributed by atoms with Crippen LogP contribution < -0.4 is 19.1 Å². The van der Waals surface area contributed by atoms with Crippen LogP contribution in [-0.2, 0) is 20.6 Å². The Balaban J connectivity index is 1.50. The number of anilines is 1. The van der Waals surface area contributed by atoms with Crippen molar-refractivity contribution in [3.8, 4) is 11.5 Å². The van der Waals surface area contributed by atoms with Gasteiger partial charge in [-0.3, -0.25) is 9.10 Å². The lowest BCUT2D eigenvalue weighted by Crippen LogP contribution is -2.41. The number of nitrogens with zero attached hydrogens (tertiary/aromatic N) is 1. The number of benzene rings is 2. The van der Waals surface area contributed by atoms with Gasteiger partial charge in [0.05, 0.1) is 11.9 Å². The van der Waals surface area contributed by atoms with Crippen molar-refractivity contribution in [2.24, 2.45) is 0 Å². The van der Waals surface area contributed by atoms with Crippen LogP contribution in [0.25, 0.3) is 0 Å². The number of ether oxygens (including phenoxy) is 2. The Labute approximate surface area is 175 Å². The minimum atomic E-state index is -3.63. The maximum Gasteiger partial charge on any atom is 0.240 e. The number of amides is 1. The van der Waals surface area contributed by atoms with Crippen LogP contribution in [0.15, 0.2) is 42.5 Å². The van der Waals surface area contributed by atoms with E-state index < -0.39 is 10.0 Å². The van der Waals surface area contributed by atoms with E-state index in [-0.39, 0.29) is 19.2 Å². The highest BCUT2D eigenvalue weighted by atomic mass is 32.2. The van der Waals surface area contributed by atoms with E-state index in [1.807, 2.05) is 6.07 Å². The second-order valence-electron chi connectivity index (χ2n) is 6.70. The average Bonchev–Trinajstić information content (AvgIpc) is 3.13. The molecule has 1 aliphatic rings. The Morgan fingerprint density at radius 3 is 2.72 bits per heavy atom. The summed E-state index contributed by atoms with van der Waals surface area (Å²) in [6, 6.07) is 13.1. The largest absolute Gasteiger partial charge is 0.454 e. The van der Waals surface area contributed by atoms with Crippen molar-refractivity contribution in [2.75, 3.05) is 36.2 Å². The van der Waals surface area contributed by atoms with E-state index in [9.17, 15) is 13.2 Å². The van der Waals surface area contributed by atoms with E-state index in [0.29, 0.717) is 23.7 Å². The lowest BCUT2D eigenvalue weighted by Gasteiger charge is -2.22. The van der Waals surface area contributed by atoms with Crippen molar-refractivity contribution in [2.45, 2.75) is 12.7 Å². The van der Waals surface area contributed by atoms with Crippen LogP contribution in [0.2, 0.25) is 0 Å². The third-order valence-electron chi connectivity index (χ3n) is 4.25. The van der Waals surface area contributed by atoms with E-state index in [1.165, 1.54) is 11.1 Å². The predicted molar refractivity (Wildman–Crippen MR) is 115 cm³/mol. The first-order chi connectivity index (χ1) is 13.8. The summed E-state index contributed by atoms with van der Waals surface area (Å²) in [6.45, 7) is 2.33. The molecule has 0 unspecified atom stereocenters. The highest BCUT2D eigenvalue weighted by Gasteiger charge is 2.23. The normalized spacial score (nSPS) is 12.6. The molecular weight excluding hydrogens is 412 g/mol. The molecule has 0 spiro atoms. The van der Waals surface area contributed by atoms with Crippen LogP contribution in [0.4, 0.5) is 5.69 Å². The van der Waals surface area contributed by atoms with Gasteiger partial charge in [-0.05, 0) is 24.6 Å². The van der Waals surface area contributed by atoms with Gasteiger partial charge in [0.2, 0.25) is 22.7 Å².